The fourth-order valence-electron chi connectivity index (χ4n) is 9.03. The first-order valence-electron chi connectivity index (χ1n) is 21.4. The largest absolute Gasteiger partial charge is 0.352 e. The van der Waals surface area contributed by atoms with Crippen LogP contribution >= 0.6 is 0 Å². The Hall–Kier alpha value is -4.79. The van der Waals surface area contributed by atoms with Crippen molar-refractivity contribution < 1.29 is 36.7 Å². The molecule has 7 rings (SSSR count). The summed E-state index contributed by atoms with van der Waals surface area (Å²) in [6.45, 7) is 8.97. The zero-order valence-corrected chi connectivity index (χ0v) is 35.2. The number of likely N-dealkylation sites (tertiary alicyclic amines) is 2. The first-order valence-corrected chi connectivity index (χ1v) is 21.4. The SMILES string of the molecule is CC[C@@H](C)C(=O)N[C@H](C(=O)N1C[C@@H](F)C[C@H]1Cn1c(-c2[nH]c3cc(F)ccc3c2C[C@@H]2C[C@H](F)CN2C(=O)[C@@H](CC(=O)[C@H](C)NC)C(C)C)nc2cc(F)ccc21)C1CC1. The van der Waals surface area contributed by atoms with Crippen LogP contribution in [-0.4, -0.2) is 104 Å². The molecule has 3 aliphatic rings. The molecule has 324 valence electrons. The molecule has 15 heteroatoms. The van der Waals surface area contributed by atoms with Gasteiger partial charge in [0.2, 0.25) is 17.7 Å². The van der Waals surface area contributed by atoms with Gasteiger partial charge in [-0.05, 0) is 87.4 Å². The summed E-state index contributed by atoms with van der Waals surface area (Å²) in [7, 11) is 1.68. The van der Waals surface area contributed by atoms with Crippen LogP contribution in [0.4, 0.5) is 17.6 Å². The predicted octanol–water partition coefficient (Wildman–Crippen LogP) is 6.66. The number of amides is 3. The van der Waals surface area contributed by atoms with E-state index in [1.54, 1.807) is 33.0 Å². The maximum atomic E-state index is 15.5. The Kier molecular flexibility index (Phi) is 12.8. The van der Waals surface area contributed by atoms with Crippen molar-refractivity contribution in [1.82, 2.24) is 35.0 Å². The van der Waals surface area contributed by atoms with Gasteiger partial charge in [-0.1, -0.05) is 27.7 Å². The number of nitrogens with zero attached hydrogens (tertiary/aromatic N) is 4. The molecular weight excluding hydrogens is 779 g/mol. The number of hydrogen-bond acceptors (Lipinski definition) is 6. The van der Waals surface area contributed by atoms with Gasteiger partial charge in [-0.25, -0.2) is 22.5 Å². The molecule has 2 aliphatic heterocycles. The quantitative estimate of drug-likeness (QED) is 0.108. The van der Waals surface area contributed by atoms with Crippen LogP contribution in [0.1, 0.15) is 78.7 Å². The van der Waals surface area contributed by atoms with Gasteiger partial charge in [0, 0.05) is 60.7 Å². The van der Waals surface area contributed by atoms with Crippen LogP contribution in [0.3, 0.4) is 0 Å². The standard InChI is InChI=1S/C45H57F4N7O4/c1-7-24(4)43(58)53-40(26-8-9-26)45(60)55-21-30(49)15-32(55)22-56-38-13-11-28(47)17-37(38)52-42(56)41-35(33-12-10-27(46)16-36(33)51-41)18-31-14-29(48)20-54(31)44(59)34(23(2)3)19-39(57)25(5)50-6/h10-13,16-17,23-26,29-32,34,40,50-51H,7-9,14-15,18-22H2,1-6H3,(H,53,58)/t24-,25+,29+,30+,31+,32+,34+,40+/m1/s1. The van der Waals surface area contributed by atoms with E-state index in [2.05, 4.69) is 15.6 Å². The Labute approximate surface area is 348 Å². The van der Waals surface area contributed by atoms with Crippen LogP contribution in [0.15, 0.2) is 36.4 Å². The fraction of sp³-hybridized carbons (Fsp3) is 0.578. The van der Waals surface area contributed by atoms with Gasteiger partial charge in [-0.3, -0.25) is 19.2 Å². The van der Waals surface area contributed by atoms with Crippen LogP contribution in [0.5, 0.6) is 0 Å². The molecule has 11 nitrogen and oxygen atoms in total. The van der Waals surface area contributed by atoms with Crippen LogP contribution < -0.4 is 10.6 Å². The van der Waals surface area contributed by atoms with E-state index >= 15 is 8.78 Å². The molecule has 60 heavy (non-hydrogen) atoms. The van der Waals surface area contributed by atoms with Gasteiger partial charge >= 0.3 is 0 Å². The Morgan fingerprint density at radius 1 is 0.900 bits per heavy atom. The van der Waals surface area contributed by atoms with Gasteiger partial charge in [0.1, 0.15) is 35.8 Å². The number of halogens is 4. The molecule has 1 saturated carbocycles. The summed E-state index contributed by atoms with van der Waals surface area (Å²) in [5.41, 5.74) is 2.30. The number of Topliss-reactive ketones (excluding diaryl/α,β-unsaturated/α-hetero) is 1. The maximum absolute atomic E-state index is 15.5. The molecule has 0 unspecified atom stereocenters. The maximum Gasteiger partial charge on any atom is 0.245 e. The normalized spacial score (nSPS) is 22.8. The Morgan fingerprint density at radius 2 is 1.55 bits per heavy atom. The van der Waals surface area contributed by atoms with Crippen molar-refractivity contribution >= 4 is 45.4 Å². The Morgan fingerprint density at radius 3 is 2.20 bits per heavy atom. The summed E-state index contributed by atoms with van der Waals surface area (Å²) in [5.74, 6) is -2.89. The number of nitrogens with one attached hydrogen (secondary N) is 3. The number of fused-ring (bicyclic) bond motifs is 2. The molecule has 0 radical (unpaired) electrons. The molecule has 2 saturated heterocycles. The van der Waals surface area contributed by atoms with Crippen molar-refractivity contribution in [2.45, 2.75) is 123 Å². The lowest BCUT2D eigenvalue weighted by Crippen LogP contribution is -2.52. The molecule has 4 heterocycles. The summed E-state index contributed by atoms with van der Waals surface area (Å²) in [6.07, 6.45) is -0.258. The Balaban J connectivity index is 1.27. The lowest BCUT2D eigenvalue weighted by atomic mass is 9.87. The molecule has 3 fully saturated rings. The number of H-pyrrole nitrogens is 1. The van der Waals surface area contributed by atoms with Gasteiger partial charge < -0.3 is 30.0 Å². The van der Waals surface area contributed by atoms with Gasteiger partial charge in [-0.2, -0.15) is 0 Å². The molecule has 0 bridgehead atoms. The highest BCUT2D eigenvalue weighted by atomic mass is 19.1. The number of likely N-dealkylation sites (N-methyl/N-ethyl adjacent to an activating group) is 1. The lowest BCUT2D eigenvalue weighted by Gasteiger charge is -2.31. The number of ketones is 1. The minimum Gasteiger partial charge on any atom is -0.352 e. The summed E-state index contributed by atoms with van der Waals surface area (Å²) >= 11 is 0. The van der Waals surface area contributed by atoms with Crippen molar-refractivity contribution in [2.75, 3.05) is 20.1 Å². The van der Waals surface area contributed by atoms with Crippen molar-refractivity contribution in [3.8, 4) is 11.5 Å². The number of imidazole rings is 1. The van der Waals surface area contributed by atoms with E-state index in [9.17, 15) is 28.0 Å². The number of hydrogen-bond donors (Lipinski definition) is 3. The molecule has 0 spiro atoms. The van der Waals surface area contributed by atoms with E-state index in [0.29, 0.717) is 45.4 Å². The van der Waals surface area contributed by atoms with E-state index < -0.39 is 54.1 Å². The monoisotopic (exact) mass is 835 g/mol. The average Bonchev–Trinajstić information content (AvgIpc) is 3.58. The second-order valence-electron chi connectivity index (χ2n) is 17.7. The number of alkyl halides is 2. The summed E-state index contributed by atoms with van der Waals surface area (Å²) in [4.78, 5) is 65.9. The summed E-state index contributed by atoms with van der Waals surface area (Å²) < 4.78 is 62.4. The van der Waals surface area contributed by atoms with E-state index in [1.807, 2.05) is 25.3 Å². The smallest absolute Gasteiger partial charge is 0.245 e. The molecule has 8 atom stereocenters. The third kappa shape index (κ3) is 8.82. The summed E-state index contributed by atoms with van der Waals surface area (Å²) in [5, 5.41) is 6.51. The second-order valence-corrected chi connectivity index (χ2v) is 17.7. The van der Waals surface area contributed by atoms with Gasteiger partial charge in [-0.15, -0.1) is 0 Å². The fourth-order valence-corrected chi connectivity index (χ4v) is 9.03. The highest BCUT2D eigenvalue weighted by Crippen LogP contribution is 2.39. The minimum atomic E-state index is -1.32. The highest BCUT2D eigenvalue weighted by Gasteiger charge is 2.45. The lowest BCUT2D eigenvalue weighted by molar-refractivity contribution is -0.140. The van der Waals surface area contributed by atoms with Crippen LogP contribution in [0.25, 0.3) is 33.5 Å². The first kappa shape index (κ1) is 43.3. The Bertz CT molecular complexity index is 2110. The van der Waals surface area contributed by atoms with Crippen molar-refractivity contribution in [1.29, 1.82) is 0 Å². The zero-order chi connectivity index (χ0) is 43.2. The van der Waals surface area contributed by atoms with E-state index in [0.717, 1.165) is 12.8 Å². The number of carbonyl (C=O) groups excluding carboxylic acids is 4. The van der Waals surface area contributed by atoms with Gasteiger partial charge in [0.05, 0.1) is 41.9 Å². The topological polar surface area (TPSA) is 132 Å². The van der Waals surface area contributed by atoms with Crippen LogP contribution in [0, 0.1) is 35.3 Å². The number of carbonyl (C=O) groups is 4. The second kappa shape index (κ2) is 17.7. The van der Waals surface area contributed by atoms with Crippen molar-refractivity contribution in [2.24, 2.45) is 23.7 Å². The van der Waals surface area contributed by atoms with Crippen molar-refractivity contribution in [3.05, 3.63) is 53.6 Å². The third-order valence-corrected chi connectivity index (χ3v) is 13.1. The van der Waals surface area contributed by atoms with Crippen LogP contribution in [0.2, 0.25) is 0 Å². The molecule has 2 aromatic heterocycles. The number of aromatic amines is 1. The predicted molar refractivity (Wildman–Crippen MR) is 221 cm³/mol. The number of rotatable bonds is 16. The van der Waals surface area contributed by atoms with Gasteiger partial charge in [0.25, 0.3) is 0 Å². The van der Waals surface area contributed by atoms with Crippen LogP contribution in [-0.2, 0) is 32.1 Å². The molecule has 3 amide bonds. The van der Waals surface area contributed by atoms with Crippen molar-refractivity contribution in [3.63, 3.8) is 0 Å². The molecule has 2 aromatic carbocycles. The minimum absolute atomic E-state index is 0.00291. The summed E-state index contributed by atoms with van der Waals surface area (Å²) in [6, 6.07) is 5.92. The van der Waals surface area contributed by atoms with E-state index in [1.165, 1.54) is 34.1 Å². The molecule has 4 aromatic rings. The van der Waals surface area contributed by atoms with Gasteiger partial charge in [0.15, 0.2) is 5.82 Å². The third-order valence-electron chi connectivity index (χ3n) is 13.1. The zero-order valence-electron chi connectivity index (χ0n) is 35.2. The molecule has 3 N–H and O–H groups in total. The molecular formula is C45H57F4N7O4. The number of aromatic nitrogens is 3. The molecule has 1 aliphatic carbocycles. The highest BCUT2D eigenvalue weighted by molar-refractivity contribution is 5.93. The van der Waals surface area contributed by atoms with E-state index in [-0.39, 0.29) is 86.6 Å². The number of benzene rings is 2. The first-order chi connectivity index (χ1) is 28.6. The van der Waals surface area contributed by atoms with E-state index in [4.69, 9.17) is 4.98 Å². The average molecular weight is 836 g/mol.